The zero-order valence-electron chi connectivity index (χ0n) is 15.6. The van der Waals surface area contributed by atoms with E-state index in [2.05, 4.69) is 9.88 Å². The fourth-order valence-electron chi connectivity index (χ4n) is 4.20. The lowest BCUT2D eigenvalue weighted by Gasteiger charge is -2.44. The summed E-state index contributed by atoms with van der Waals surface area (Å²) in [4.78, 5) is 30.7. The van der Waals surface area contributed by atoms with E-state index in [0.29, 0.717) is 18.0 Å². The number of carbonyl (C=O) groups is 1. The number of rotatable bonds is 3. The summed E-state index contributed by atoms with van der Waals surface area (Å²) >= 11 is 1.39. The number of aromatic nitrogens is 1. The lowest BCUT2D eigenvalue weighted by atomic mass is 9.82. The van der Waals surface area contributed by atoms with Gasteiger partial charge in [0, 0.05) is 53.9 Å². The Morgan fingerprint density at radius 1 is 1.37 bits per heavy atom. The van der Waals surface area contributed by atoms with Crippen molar-refractivity contribution in [1.29, 1.82) is 0 Å². The lowest BCUT2D eigenvalue weighted by Crippen LogP contribution is -2.46. The van der Waals surface area contributed by atoms with Crippen LogP contribution in [0.25, 0.3) is 0 Å². The Hall–Kier alpha value is -1.96. The standard InChI is InChI=1S/C20H24N2O4S/c1-12-10-21-15(13(2)18(12)23)11-22-6-4-20(5-7-22)14-9-17(19(24)25)27-16(14)3-8-26-20/h9-10H,3-8,11H2,1-2H3,(H,21,23)(H,24,25). The molecule has 0 bridgehead atoms. The van der Waals surface area contributed by atoms with Crippen LogP contribution < -0.4 is 5.43 Å². The fraction of sp³-hybridized carbons (Fsp3) is 0.500. The van der Waals surface area contributed by atoms with Gasteiger partial charge in [-0.05, 0) is 38.3 Å². The molecule has 2 aliphatic rings. The number of hydrogen-bond acceptors (Lipinski definition) is 5. The number of ether oxygens (including phenoxy) is 1. The average molecular weight is 388 g/mol. The summed E-state index contributed by atoms with van der Waals surface area (Å²) in [6.45, 7) is 6.78. The number of aryl methyl sites for hydroxylation is 1. The van der Waals surface area contributed by atoms with E-state index in [1.54, 1.807) is 6.20 Å². The molecule has 0 aliphatic carbocycles. The highest BCUT2D eigenvalue weighted by molar-refractivity contribution is 7.14. The quantitative estimate of drug-likeness (QED) is 0.845. The molecule has 1 spiro atoms. The molecule has 4 rings (SSSR count). The number of aromatic amines is 1. The number of carboxylic acids is 1. The minimum Gasteiger partial charge on any atom is -0.477 e. The van der Waals surface area contributed by atoms with Gasteiger partial charge in [0.05, 0.1) is 12.2 Å². The SMILES string of the molecule is Cc1c[nH]c(CN2CCC3(CC2)OCCc2sc(C(=O)O)cc23)c(C)c1=O. The Morgan fingerprint density at radius 2 is 2.11 bits per heavy atom. The summed E-state index contributed by atoms with van der Waals surface area (Å²) in [7, 11) is 0. The number of hydrogen-bond donors (Lipinski definition) is 2. The number of likely N-dealkylation sites (tertiary alicyclic amines) is 1. The van der Waals surface area contributed by atoms with E-state index >= 15 is 0 Å². The topological polar surface area (TPSA) is 82.6 Å². The van der Waals surface area contributed by atoms with E-state index < -0.39 is 5.97 Å². The van der Waals surface area contributed by atoms with Gasteiger partial charge in [0.15, 0.2) is 5.43 Å². The predicted octanol–water partition coefficient (Wildman–Crippen LogP) is 2.82. The maximum atomic E-state index is 12.2. The number of pyridine rings is 1. The molecule has 2 aromatic heterocycles. The van der Waals surface area contributed by atoms with Crippen LogP contribution in [0.4, 0.5) is 0 Å². The minimum absolute atomic E-state index is 0.108. The molecule has 1 fully saturated rings. The van der Waals surface area contributed by atoms with Gasteiger partial charge in [0.1, 0.15) is 4.88 Å². The first-order valence-corrected chi connectivity index (χ1v) is 10.1. The van der Waals surface area contributed by atoms with Crippen molar-refractivity contribution in [2.24, 2.45) is 0 Å². The summed E-state index contributed by atoms with van der Waals surface area (Å²) in [5.41, 5.74) is 3.33. The van der Waals surface area contributed by atoms with E-state index in [1.807, 2.05) is 19.9 Å². The van der Waals surface area contributed by atoms with Crippen molar-refractivity contribution in [3.63, 3.8) is 0 Å². The van der Waals surface area contributed by atoms with Crippen LogP contribution in [0.15, 0.2) is 17.1 Å². The molecule has 7 heteroatoms. The molecule has 2 N–H and O–H groups in total. The lowest BCUT2D eigenvalue weighted by molar-refractivity contribution is -0.0982. The Morgan fingerprint density at radius 3 is 2.81 bits per heavy atom. The van der Waals surface area contributed by atoms with E-state index in [-0.39, 0.29) is 11.0 Å². The largest absolute Gasteiger partial charge is 0.477 e. The molecule has 1 saturated heterocycles. The molecule has 2 aromatic rings. The molecule has 0 saturated carbocycles. The monoisotopic (exact) mass is 388 g/mol. The summed E-state index contributed by atoms with van der Waals surface area (Å²) in [6.07, 6.45) is 4.25. The maximum absolute atomic E-state index is 12.2. The Bertz CT molecular complexity index is 938. The molecule has 27 heavy (non-hydrogen) atoms. The van der Waals surface area contributed by atoms with Gasteiger partial charge < -0.3 is 14.8 Å². The third-order valence-corrected chi connectivity index (χ3v) is 7.06. The second-order valence-corrected chi connectivity index (χ2v) is 8.66. The highest BCUT2D eigenvalue weighted by Gasteiger charge is 2.42. The maximum Gasteiger partial charge on any atom is 0.345 e. The third kappa shape index (κ3) is 3.24. The van der Waals surface area contributed by atoms with Gasteiger partial charge in [-0.2, -0.15) is 0 Å². The smallest absolute Gasteiger partial charge is 0.345 e. The van der Waals surface area contributed by atoms with E-state index in [1.165, 1.54) is 11.3 Å². The fourth-order valence-corrected chi connectivity index (χ4v) is 5.27. The van der Waals surface area contributed by atoms with Crippen molar-refractivity contribution in [3.05, 3.63) is 54.6 Å². The van der Waals surface area contributed by atoms with Crippen LogP contribution in [0.5, 0.6) is 0 Å². The Kier molecular flexibility index (Phi) is 4.70. The van der Waals surface area contributed by atoms with E-state index in [9.17, 15) is 14.7 Å². The van der Waals surface area contributed by atoms with Gasteiger partial charge in [-0.25, -0.2) is 4.79 Å². The van der Waals surface area contributed by atoms with E-state index in [4.69, 9.17) is 4.74 Å². The highest BCUT2D eigenvalue weighted by Crippen LogP contribution is 2.44. The molecule has 0 unspecified atom stereocenters. The van der Waals surface area contributed by atoms with Gasteiger partial charge in [-0.3, -0.25) is 9.69 Å². The highest BCUT2D eigenvalue weighted by atomic mass is 32.1. The molecule has 144 valence electrons. The van der Waals surface area contributed by atoms with Gasteiger partial charge in [0.25, 0.3) is 0 Å². The predicted molar refractivity (Wildman–Crippen MR) is 104 cm³/mol. The van der Waals surface area contributed by atoms with E-state index in [0.717, 1.165) is 59.6 Å². The molecular weight excluding hydrogens is 364 g/mol. The van der Waals surface area contributed by atoms with Crippen molar-refractivity contribution >= 4 is 17.3 Å². The summed E-state index contributed by atoms with van der Waals surface area (Å²) < 4.78 is 6.21. The van der Waals surface area contributed by atoms with Crippen LogP contribution in [0.3, 0.4) is 0 Å². The minimum atomic E-state index is -0.860. The number of aromatic carboxylic acids is 1. The van der Waals surface area contributed by atoms with Crippen molar-refractivity contribution in [2.45, 2.75) is 45.3 Å². The van der Waals surface area contributed by atoms with Crippen LogP contribution in [0.1, 0.15) is 49.8 Å². The van der Waals surface area contributed by atoms with Crippen LogP contribution in [0, 0.1) is 13.8 Å². The third-order valence-electron chi connectivity index (χ3n) is 5.88. The molecule has 0 atom stereocenters. The molecule has 6 nitrogen and oxygen atoms in total. The van der Waals surface area contributed by atoms with Gasteiger partial charge in [-0.15, -0.1) is 11.3 Å². The van der Waals surface area contributed by atoms with Crippen molar-refractivity contribution in [1.82, 2.24) is 9.88 Å². The van der Waals surface area contributed by atoms with Gasteiger partial charge in [-0.1, -0.05) is 0 Å². The zero-order chi connectivity index (χ0) is 19.2. The van der Waals surface area contributed by atoms with Gasteiger partial charge >= 0.3 is 5.97 Å². The second kappa shape index (κ2) is 6.89. The normalized spacial score (nSPS) is 19.2. The number of thiophene rings is 1. The molecule has 0 aromatic carbocycles. The average Bonchev–Trinajstić information content (AvgIpc) is 3.10. The van der Waals surface area contributed by atoms with Crippen LogP contribution in [0.2, 0.25) is 0 Å². The summed E-state index contributed by atoms with van der Waals surface area (Å²) in [5.74, 6) is -0.860. The first kappa shape index (κ1) is 18.4. The zero-order valence-corrected chi connectivity index (χ0v) is 16.4. The number of nitrogens with zero attached hydrogens (tertiary/aromatic N) is 1. The number of fused-ring (bicyclic) bond motifs is 2. The molecule has 4 heterocycles. The van der Waals surface area contributed by atoms with Crippen molar-refractivity contribution in [3.8, 4) is 0 Å². The van der Waals surface area contributed by atoms with Crippen LogP contribution >= 0.6 is 11.3 Å². The van der Waals surface area contributed by atoms with Crippen molar-refractivity contribution in [2.75, 3.05) is 19.7 Å². The molecule has 0 amide bonds. The molecular formula is C20H24N2O4S. The Balaban J connectivity index is 1.51. The summed E-state index contributed by atoms with van der Waals surface area (Å²) in [5, 5.41) is 9.33. The number of H-pyrrole nitrogens is 1. The van der Waals surface area contributed by atoms with Crippen LogP contribution in [-0.2, 0) is 23.3 Å². The number of carboxylic acid groups (broad SMARTS) is 1. The van der Waals surface area contributed by atoms with Gasteiger partial charge in [0.2, 0.25) is 0 Å². The summed E-state index contributed by atoms with van der Waals surface area (Å²) in [6, 6.07) is 1.82. The first-order chi connectivity index (χ1) is 12.9. The second-order valence-electron chi connectivity index (χ2n) is 7.53. The number of piperidine rings is 1. The number of nitrogens with one attached hydrogen (secondary N) is 1. The molecule has 2 aliphatic heterocycles. The van der Waals surface area contributed by atoms with Crippen molar-refractivity contribution < 1.29 is 14.6 Å². The Labute approximate surface area is 161 Å². The van der Waals surface area contributed by atoms with Crippen LogP contribution in [-0.4, -0.2) is 40.7 Å². The first-order valence-electron chi connectivity index (χ1n) is 9.30. The molecule has 0 radical (unpaired) electrons.